The van der Waals surface area contributed by atoms with E-state index in [-0.39, 0.29) is 12.3 Å². The van der Waals surface area contributed by atoms with E-state index in [9.17, 15) is 4.79 Å². The van der Waals surface area contributed by atoms with Crippen molar-refractivity contribution in [1.82, 2.24) is 9.88 Å². The van der Waals surface area contributed by atoms with Crippen molar-refractivity contribution in [1.29, 1.82) is 5.26 Å². The summed E-state index contributed by atoms with van der Waals surface area (Å²) in [6.07, 6.45) is -0.0352. The lowest BCUT2D eigenvalue weighted by molar-refractivity contribution is -0.130. The molecular formula is C18H20N4O. The van der Waals surface area contributed by atoms with Gasteiger partial charge in [0, 0.05) is 31.6 Å². The number of benzene rings is 1. The molecule has 1 aromatic heterocycles. The number of hydrogen-bond acceptors (Lipinski definition) is 4. The van der Waals surface area contributed by atoms with Crippen LogP contribution in [0.3, 0.4) is 0 Å². The molecule has 1 aromatic carbocycles. The minimum Gasteiger partial charge on any atom is -0.353 e. The molecule has 5 heteroatoms. The molecule has 1 aliphatic heterocycles. The van der Waals surface area contributed by atoms with Crippen LogP contribution in [0.5, 0.6) is 0 Å². The molecule has 0 saturated carbocycles. The van der Waals surface area contributed by atoms with Gasteiger partial charge in [0.25, 0.3) is 0 Å². The van der Waals surface area contributed by atoms with Gasteiger partial charge in [0.15, 0.2) is 0 Å². The quantitative estimate of drug-likeness (QED) is 0.855. The molecule has 118 valence electrons. The Hall–Kier alpha value is -2.61. The van der Waals surface area contributed by atoms with E-state index in [2.05, 4.69) is 43.0 Å². The summed E-state index contributed by atoms with van der Waals surface area (Å²) < 4.78 is 0. The van der Waals surface area contributed by atoms with Crippen molar-refractivity contribution < 1.29 is 4.79 Å². The number of pyridine rings is 1. The fraction of sp³-hybridized carbons (Fsp3) is 0.389. The molecule has 2 aromatic rings. The highest BCUT2D eigenvalue weighted by atomic mass is 16.2. The molecule has 1 amide bonds. The predicted molar refractivity (Wildman–Crippen MR) is 90.2 cm³/mol. The number of carbonyl (C=O) groups excluding carboxylic acids is 1. The molecule has 1 saturated heterocycles. The number of aryl methyl sites for hydroxylation is 2. The van der Waals surface area contributed by atoms with Crippen molar-refractivity contribution in [2.45, 2.75) is 20.3 Å². The standard InChI is InChI=1S/C18H20N4O/c1-13-4-3-5-15-14(2)12-16(20-18(13)15)21-8-10-22(11-9-21)17(23)6-7-19/h3-5,12H,6,8-11H2,1-2H3. The molecule has 5 nitrogen and oxygen atoms in total. The highest BCUT2D eigenvalue weighted by Gasteiger charge is 2.22. The largest absolute Gasteiger partial charge is 0.353 e. The number of rotatable bonds is 2. The first-order valence-corrected chi connectivity index (χ1v) is 7.87. The Morgan fingerprint density at radius 2 is 1.96 bits per heavy atom. The van der Waals surface area contributed by atoms with Crippen molar-refractivity contribution >= 4 is 22.6 Å². The van der Waals surface area contributed by atoms with Crippen molar-refractivity contribution in [3.05, 3.63) is 35.4 Å². The fourth-order valence-corrected chi connectivity index (χ4v) is 3.07. The molecule has 1 aliphatic rings. The summed E-state index contributed by atoms with van der Waals surface area (Å²) in [5.74, 6) is 0.891. The second-order valence-electron chi connectivity index (χ2n) is 5.97. The molecule has 0 radical (unpaired) electrons. The minimum absolute atomic E-state index is 0.0352. The zero-order valence-corrected chi connectivity index (χ0v) is 13.5. The van der Waals surface area contributed by atoms with E-state index in [0.29, 0.717) is 13.1 Å². The maximum atomic E-state index is 11.8. The van der Waals surface area contributed by atoms with Crippen LogP contribution in [-0.4, -0.2) is 42.0 Å². The Labute approximate surface area is 136 Å². The molecule has 23 heavy (non-hydrogen) atoms. The first-order chi connectivity index (χ1) is 11.1. The average molecular weight is 308 g/mol. The lowest BCUT2D eigenvalue weighted by Gasteiger charge is -2.35. The van der Waals surface area contributed by atoms with E-state index in [1.807, 2.05) is 6.07 Å². The third-order valence-electron chi connectivity index (χ3n) is 4.42. The fourth-order valence-electron chi connectivity index (χ4n) is 3.07. The summed E-state index contributed by atoms with van der Waals surface area (Å²) in [5.41, 5.74) is 3.44. The SMILES string of the molecule is Cc1cc(N2CCN(C(=O)CC#N)CC2)nc2c(C)cccc12. The van der Waals surface area contributed by atoms with Crippen LogP contribution in [0.2, 0.25) is 0 Å². The summed E-state index contributed by atoms with van der Waals surface area (Å²) in [6.45, 7) is 6.98. The van der Waals surface area contributed by atoms with Crippen LogP contribution in [0, 0.1) is 25.2 Å². The van der Waals surface area contributed by atoms with Crippen LogP contribution >= 0.6 is 0 Å². The monoisotopic (exact) mass is 308 g/mol. The molecule has 0 unspecified atom stereocenters. The molecule has 0 atom stereocenters. The van der Waals surface area contributed by atoms with Gasteiger partial charge in [-0.2, -0.15) is 5.26 Å². The summed E-state index contributed by atoms with van der Waals surface area (Å²) in [5, 5.41) is 9.83. The van der Waals surface area contributed by atoms with E-state index < -0.39 is 0 Å². The molecule has 0 bridgehead atoms. The maximum Gasteiger partial charge on any atom is 0.236 e. The van der Waals surface area contributed by atoms with Gasteiger partial charge in [0.1, 0.15) is 12.2 Å². The second-order valence-corrected chi connectivity index (χ2v) is 5.97. The topological polar surface area (TPSA) is 60.2 Å². The third-order valence-corrected chi connectivity index (χ3v) is 4.42. The van der Waals surface area contributed by atoms with Crippen LogP contribution in [0.4, 0.5) is 5.82 Å². The number of nitriles is 1. The van der Waals surface area contributed by atoms with Gasteiger partial charge in [-0.3, -0.25) is 4.79 Å². The van der Waals surface area contributed by atoms with E-state index in [1.165, 1.54) is 16.5 Å². The van der Waals surface area contributed by atoms with Gasteiger partial charge in [-0.25, -0.2) is 4.98 Å². The molecule has 0 aliphatic carbocycles. The van der Waals surface area contributed by atoms with Crippen LogP contribution < -0.4 is 4.90 Å². The van der Waals surface area contributed by atoms with Gasteiger partial charge in [-0.1, -0.05) is 18.2 Å². The van der Waals surface area contributed by atoms with Gasteiger partial charge in [-0.15, -0.1) is 0 Å². The van der Waals surface area contributed by atoms with E-state index in [0.717, 1.165) is 24.4 Å². The first kappa shape index (κ1) is 15.3. The second kappa shape index (κ2) is 6.25. The zero-order valence-electron chi connectivity index (χ0n) is 13.5. The highest BCUT2D eigenvalue weighted by molar-refractivity contribution is 5.86. The number of nitrogens with zero attached hydrogens (tertiary/aromatic N) is 4. The number of hydrogen-bond donors (Lipinski definition) is 0. The number of amides is 1. The Bertz CT molecular complexity index is 785. The first-order valence-electron chi connectivity index (χ1n) is 7.87. The lowest BCUT2D eigenvalue weighted by Crippen LogP contribution is -2.49. The Morgan fingerprint density at radius 3 is 2.65 bits per heavy atom. The summed E-state index contributed by atoms with van der Waals surface area (Å²) >= 11 is 0. The zero-order chi connectivity index (χ0) is 16.4. The van der Waals surface area contributed by atoms with E-state index >= 15 is 0 Å². The molecule has 2 heterocycles. The van der Waals surface area contributed by atoms with Gasteiger partial charge in [0.2, 0.25) is 5.91 Å². The number of fused-ring (bicyclic) bond motifs is 1. The van der Waals surface area contributed by atoms with Gasteiger partial charge >= 0.3 is 0 Å². The molecule has 0 N–H and O–H groups in total. The van der Waals surface area contributed by atoms with Gasteiger partial charge in [-0.05, 0) is 31.0 Å². The Kier molecular flexibility index (Phi) is 4.16. The van der Waals surface area contributed by atoms with Crippen molar-refractivity contribution in [2.24, 2.45) is 0 Å². The summed E-state index contributed by atoms with van der Waals surface area (Å²) in [4.78, 5) is 20.6. The molecule has 0 spiro atoms. The lowest BCUT2D eigenvalue weighted by atomic mass is 10.1. The number of para-hydroxylation sites is 1. The maximum absolute atomic E-state index is 11.8. The highest BCUT2D eigenvalue weighted by Crippen LogP contribution is 2.25. The van der Waals surface area contributed by atoms with Crippen LogP contribution in [0.1, 0.15) is 17.5 Å². The number of anilines is 1. The summed E-state index contributed by atoms with van der Waals surface area (Å²) in [6, 6.07) is 10.3. The van der Waals surface area contributed by atoms with Crippen molar-refractivity contribution in [3.8, 4) is 6.07 Å². The summed E-state index contributed by atoms with van der Waals surface area (Å²) in [7, 11) is 0. The van der Waals surface area contributed by atoms with Crippen LogP contribution in [0.25, 0.3) is 10.9 Å². The molecule has 1 fully saturated rings. The number of carbonyl (C=O) groups is 1. The number of piperazine rings is 1. The van der Waals surface area contributed by atoms with Crippen molar-refractivity contribution in [3.63, 3.8) is 0 Å². The van der Waals surface area contributed by atoms with Crippen molar-refractivity contribution in [2.75, 3.05) is 31.1 Å². The normalized spacial score (nSPS) is 14.8. The Morgan fingerprint density at radius 1 is 1.22 bits per heavy atom. The van der Waals surface area contributed by atoms with E-state index in [4.69, 9.17) is 10.2 Å². The molecule has 3 rings (SSSR count). The average Bonchev–Trinajstić information content (AvgIpc) is 2.56. The van der Waals surface area contributed by atoms with Gasteiger partial charge in [0.05, 0.1) is 11.6 Å². The smallest absolute Gasteiger partial charge is 0.236 e. The van der Waals surface area contributed by atoms with Crippen LogP contribution in [-0.2, 0) is 4.79 Å². The molecular weight excluding hydrogens is 288 g/mol. The third kappa shape index (κ3) is 2.98. The minimum atomic E-state index is -0.0781. The predicted octanol–water partition coefficient (Wildman–Crippen LogP) is 2.41. The van der Waals surface area contributed by atoms with Crippen LogP contribution in [0.15, 0.2) is 24.3 Å². The van der Waals surface area contributed by atoms with Gasteiger partial charge < -0.3 is 9.80 Å². The van der Waals surface area contributed by atoms with E-state index in [1.54, 1.807) is 4.90 Å². The Balaban J connectivity index is 1.81. The number of aromatic nitrogens is 1.